The quantitative estimate of drug-likeness (QED) is 0.721. The summed E-state index contributed by atoms with van der Waals surface area (Å²) in [5.74, 6) is 0. The molecule has 0 aliphatic rings. The lowest BCUT2D eigenvalue weighted by Crippen LogP contribution is -2.24. The highest BCUT2D eigenvalue weighted by molar-refractivity contribution is 5.28. The van der Waals surface area contributed by atoms with Crippen molar-refractivity contribution in [2.45, 2.75) is 44.6 Å². The lowest BCUT2D eigenvalue weighted by atomic mass is 9.99. The number of rotatable bonds is 6. The first-order valence-corrected chi connectivity index (χ1v) is 6.61. The Kier molecular flexibility index (Phi) is 6.07. The summed E-state index contributed by atoms with van der Waals surface area (Å²) in [7, 11) is 0. The molecule has 21 heavy (non-hydrogen) atoms. The summed E-state index contributed by atoms with van der Waals surface area (Å²) in [4.78, 5) is 0. The van der Waals surface area contributed by atoms with Gasteiger partial charge in [-0.3, -0.25) is 0 Å². The molecule has 1 rings (SSSR count). The molecule has 0 bridgehead atoms. The number of alkyl halides is 6. The van der Waals surface area contributed by atoms with Gasteiger partial charge in [0.15, 0.2) is 0 Å². The first-order chi connectivity index (χ1) is 9.63. The average Bonchev–Trinajstić information content (AvgIpc) is 2.37. The molecule has 0 aromatic heterocycles. The zero-order chi connectivity index (χ0) is 16.1. The minimum Gasteiger partial charge on any atom is -0.310 e. The number of hydrogen-bond acceptors (Lipinski definition) is 1. The Morgan fingerprint density at radius 1 is 1.10 bits per heavy atom. The molecule has 0 amide bonds. The van der Waals surface area contributed by atoms with Crippen LogP contribution in [-0.4, -0.2) is 12.7 Å². The van der Waals surface area contributed by atoms with E-state index in [-0.39, 0.29) is 12.0 Å². The van der Waals surface area contributed by atoms with Crippen LogP contribution < -0.4 is 5.32 Å². The van der Waals surface area contributed by atoms with E-state index < -0.39 is 30.4 Å². The van der Waals surface area contributed by atoms with Gasteiger partial charge in [-0.05, 0) is 37.1 Å². The third-order valence-corrected chi connectivity index (χ3v) is 2.97. The standard InChI is InChI=1S/C14H17F6N/c1-2-8-21-12(6-7-13(15,16)17)10-4-3-5-11(9-10)14(18,19)20/h3-5,9,12,21H,2,6-8H2,1H3. The van der Waals surface area contributed by atoms with Crippen LogP contribution in [0.25, 0.3) is 0 Å². The molecule has 1 nitrogen and oxygen atoms in total. The molecule has 7 heteroatoms. The van der Waals surface area contributed by atoms with E-state index in [1.165, 1.54) is 12.1 Å². The van der Waals surface area contributed by atoms with Gasteiger partial charge >= 0.3 is 12.4 Å². The van der Waals surface area contributed by atoms with Gasteiger partial charge in [-0.15, -0.1) is 0 Å². The number of halogens is 6. The topological polar surface area (TPSA) is 12.0 Å². The molecule has 0 radical (unpaired) electrons. The molecule has 0 aliphatic carbocycles. The van der Waals surface area contributed by atoms with Gasteiger partial charge in [0, 0.05) is 12.5 Å². The van der Waals surface area contributed by atoms with Crippen LogP contribution in [0.2, 0.25) is 0 Å². The number of nitrogens with one attached hydrogen (secondary N) is 1. The van der Waals surface area contributed by atoms with E-state index in [1.54, 1.807) is 0 Å². The summed E-state index contributed by atoms with van der Waals surface area (Å²) in [6.07, 6.45) is -9.47. The second-order valence-corrected chi connectivity index (χ2v) is 4.78. The highest BCUT2D eigenvalue weighted by Crippen LogP contribution is 2.33. The van der Waals surface area contributed by atoms with E-state index in [0.29, 0.717) is 13.0 Å². The van der Waals surface area contributed by atoms with Crippen molar-refractivity contribution in [1.82, 2.24) is 5.32 Å². The maximum Gasteiger partial charge on any atom is 0.416 e. The zero-order valence-corrected chi connectivity index (χ0v) is 11.5. The molecule has 0 spiro atoms. The van der Waals surface area contributed by atoms with Crippen molar-refractivity contribution < 1.29 is 26.3 Å². The van der Waals surface area contributed by atoms with Crippen molar-refractivity contribution in [2.24, 2.45) is 0 Å². The summed E-state index contributed by atoms with van der Waals surface area (Å²) < 4.78 is 74.9. The average molecular weight is 313 g/mol. The third-order valence-electron chi connectivity index (χ3n) is 2.97. The fraction of sp³-hybridized carbons (Fsp3) is 0.571. The lowest BCUT2D eigenvalue weighted by Gasteiger charge is -2.21. The molecule has 1 atom stereocenters. The van der Waals surface area contributed by atoms with Gasteiger partial charge < -0.3 is 5.32 Å². The number of hydrogen-bond donors (Lipinski definition) is 1. The van der Waals surface area contributed by atoms with Crippen LogP contribution in [0.3, 0.4) is 0 Å². The molecular weight excluding hydrogens is 296 g/mol. The molecule has 0 aliphatic heterocycles. The van der Waals surface area contributed by atoms with E-state index in [4.69, 9.17) is 0 Å². The van der Waals surface area contributed by atoms with Crippen LogP contribution in [0.1, 0.15) is 43.4 Å². The van der Waals surface area contributed by atoms with Gasteiger partial charge in [0.25, 0.3) is 0 Å². The van der Waals surface area contributed by atoms with Gasteiger partial charge in [0.1, 0.15) is 0 Å². The summed E-state index contributed by atoms with van der Waals surface area (Å²) in [6.45, 7) is 2.28. The van der Waals surface area contributed by atoms with Crippen molar-refractivity contribution in [2.75, 3.05) is 6.54 Å². The molecule has 120 valence electrons. The largest absolute Gasteiger partial charge is 0.416 e. The van der Waals surface area contributed by atoms with Crippen molar-refractivity contribution in [3.8, 4) is 0 Å². The fourth-order valence-electron chi connectivity index (χ4n) is 1.94. The normalized spacial score (nSPS) is 14.2. The Morgan fingerprint density at radius 3 is 2.29 bits per heavy atom. The van der Waals surface area contributed by atoms with E-state index in [9.17, 15) is 26.3 Å². The van der Waals surface area contributed by atoms with Crippen molar-refractivity contribution in [3.05, 3.63) is 35.4 Å². The molecule has 0 fully saturated rings. The minimum atomic E-state index is -4.50. The Labute approximate surface area is 119 Å². The summed E-state index contributed by atoms with van der Waals surface area (Å²) in [5.41, 5.74) is -0.627. The van der Waals surface area contributed by atoms with E-state index in [1.807, 2.05) is 6.92 Å². The molecule has 1 aromatic carbocycles. The molecular formula is C14H17F6N. The van der Waals surface area contributed by atoms with Crippen LogP contribution in [0.15, 0.2) is 24.3 Å². The number of benzene rings is 1. The van der Waals surface area contributed by atoms with Gasteiger partial charge in [-0.25, -0.2) is 0 Å². The first kappa shape index (κ1) is 17.8. The van der Waals surface area contributed by atoms with Gasteiger partial charge in [-0.1, -0.05) is 19.1 Å². The van der Waals surface area contributed by atoms with Crippen LogP contribution in [0.5, 0.6) is 0 Å². The molecule has 0 saturated heterocycles. The smallest absolute Gasteiger partial charge is 0.310 e. The van der Waals surface area contributed by atoms with Crippen molar-refractivity contribution in [1.29, 1.82) is 0 Å². The predicted molar refractivity (Wildman–Crippen MR) is 67.8 cm³/mol. The molecule has 1 N–H and O–H groups in total. The fourth-order valence-corrected chi connectivity index (χ4v) is 1.94. The summed E-state index contributed by atoms with van der Waals surface area (Å²) in [5, 5.41) is 2.87. The summed E-state index contributed by atoms with van der Waals surface area (Å²) in [6, 6.07) is 3.70. The first-order valence-electron chi connectivity index (χ1n) is 6.61. The molecule has 0 heterocycles. The Hall–Kier alpha value is -1.24. The van der Waals surface area contributed by atoms with Crippen LogP contribution in [-0.2, 0) is 6.18 Å². The maximum absolute atomic E-state index is 12.7. The second kappa shape index (κ2) is 7.15. The van der Waals surface area contributed by atoms with Crippen molar-refractivity contribution in [3.63, 3.8) is 0 Å². The Morgan fingerprint density at radius 2 is 1.76 bits per heavy atom. The van der Waals surface area contributed by atoms with E-state index >= 15 is 0 Å². The van der Waals surface area contributed by atoms with Crippen molar-refractivity contribution >= 4 is 0 Å². The van der Waals surface area contributed by atoms with Crippen LogP contribution >= 0.6 is 0 Å². The summed E-state index contributed by atoms with van der Waals surface area (Å²) >= 11 is 0. The molecule has 0 saturated carbocycles. The van der Waals surface area contributed by atoms with Gasteiger partial charge in [0.05, 0.1) is 5.56 Å². The van der Waals surface area contributed by atoms with E-state index in [0.717, 1.165) is 12.1 Å². The lowest BCUT2D eigenvalue weighted by molar-refractivity contribution is -0.138. The highest BCUT2D eigenvalue weighted by atomic mass is 19.4. The monoisotopic (exact) mass is 313 g/mol. The molecule has 1 aromatic rings. The third kappa shape index (κ3) is 6.37. The Balaban J connectivity index is 2.91. The van der Waals surface area contributed by atoms with Gasteiger partial charge in [-0.2, -0.15) is 26.3 Å². The highest BCUT2D eigenvalue weighted by Gasteiger charge is 2.32. The predicted octanol–water partition coefficient (Wildman–Crippen LogP) is 5.09. The minimum absolute atomic E-state index is 0.225. The zero-order valence-electron chi connectivity index (χ0n) is 11.5. The van der Waals surface area contributed by atoms with Gasteiger partial charge in [0.2, 0.25) is 0 Å². The van der Waals surface area contributed by atoms with Crippen LogP contribution in [0, 0.1) is 0 Å². The second-order valence-electron chi connectivity index (χ2n) is 4.78. The van der Waals surface area contributed by atoms with E-state index in [2.05, 4.69) is 5.32 Å². The molecule has 1 unspecified atom stereocenters. The SMILES string of the molecule is CCCNC(CCC(F)(F)F)c1cccc(C(F)(F)F)c1. The van der Waals surface area contributed by atoms with Crippen LogP contribution in [0.4, 0.5) is 26.3 Å². The maximum atomic E-state index is 12.7. The Bertz CT molecular complexity index is 438.